The Morgan fingerprint density at radius 2 is 1.67 bits per heavy atom. The molecular weight excluding hydrogens is 324 g/mol. The third kappa shape index (κ3) is 9.19. The molecule has 2 unspecified atom stereocenters. The largest absolute Gasteiger partial charge is 0.481 e. The molecule has 0 aliphatic rings. The van der Waals surface area contributed by atoms with Gasteiger partial charge in [-0.15, -0.1) is 0 Å². The predicted octanol–water partition coefficient (Wildman–Crippen LogP) is -3.47. The van der Waals surface area contributed by atoms with Crippen molar-refractivity contribution >= 4 is 29.7 Å². The van der Waals surface area contributed by atoms with Crippen LogP contribution in [-0.2, 0) is 19.2 Å². The van der Waals surface area contributed by atoms with E-state index in [9.17, 15) is 19.2 Å². The van der Waals surface area contributed by atoms with Crippen molar-refractivity contribution in [2.24, 2.45) is 22.2 Å². The molecule has 0 spiro atoms. The first-order chi connectivity index (χ1) is 11.2. The quantitative estimate of drug-likeness (QED) is 0.112. The van der Waals surface area contributed by atoms with E-state index in [0.29, 0.717) is 0 Å². The van der Waals surface area contributed by atoms with Gasteiger partial charge in [0.2, 0.25) is 11.8 Å². The lowest BCUT2D eigenvalue weighted by Crippen LogP contribution is -2.53. The number of amides is 2. The Hall–Kier alpha value is -2.89. The first-order valence-corrected chi connectivity index (χ1v) is 6.97. The summed E-state index contributed by atoms with van der Waals surface area (Å²) in [4.78, 5) is 48.9. The van der Waals surface area contributed by atoms with Crippen molar-refractivity contribution in [3.63, 3.8) is 0 Å². The minimum atomic E-state index is -1.43. The first-order valence-electron chi connectivity index (χ1n) is 6.97. The van der Waals surface area contributed by atoms with Gasteiger partial charge in [-0.2, -0.15) is 0 Å². The van der Waals surface area contributed by atoms with Crippen LogP contribution in [0.15, 0.2) is 4.99 Å². The van der Waals surface area contributed by atoms with Gasteiger partial charge in [0.15, 0.2) is 5.96 Å². The molecule has 0 saturated carbocycles. The second-order valence-corrected chi connectivity index (χ2v) is 4.77. The molecule has 0 radical (unpaired) electrons. The molecule has 24 heavy (non-hydrogen) atoms. The maximum Gasteiger partial charge on any atom is 0.326 e. The van der Waals surface area contributed by atoms with E-state index in [2.05, 4.69) is 15.6 Å². The highest BCUT2D eigenvalue weighted by molar-refractivity contribution is 5.93. The van der Waals surface area contributed by atoms with Gasteiger partial charge in [0.1, 0.15) is 12.1 Å². The van der Waals surface area contributed by atoms with Gasteiger partial charge in [0.05, 0.1) is 13.0 Å². The van der Waals surface area contributed by atoms with Crippen LogP contribution in [-0.4, -0.2) is 65.1 Å². The number of carboxylic acid groups (broad SMARTS) is 2. The molecule has 2 atom stereocenters. The van der Waals surface area contributed by atoms with E-state index in [-0.39, 0.29) is 25.3 Å². The number of carbonyl (C=O) groups excluding carboxylic acids is 2. The number of carboxylic acids is 2. The minimum absolute atomic E-state index is 0.0163. The summed E-state index contributed by atoms with van der Waals surface area (Å²) >= 11 is 0. The van der Waals surface area contributed by atoms with Crippen LogP contribution in [0.5, 0.6) is 0 Å². The lowest BCUT2D eigenvalue weighted by Gasteiger charge is -2.20. The molecule has 0 bridgehead atoms. The monoisotopic (exact) mass is 346 g/mol. The normalized spacial score (nSPS) is 12.5. The highest BCUT2D eigenvalue weighted by atomic mass is 16.4. The highest BCUT2D eigenvalue weighted by Crippen LogP contribution is 2.01. The molecule has 12 heteroatoms. The van der Waals surface area contributed by atoms with E-state index in [4.69, 9.17) is 27.4 Å². The third-order valence-electron chi connectivity index (χ3n) is 2.78. The second-order valence-electron chi connectivity index (χ2n) is 4.77. The topological polar surface area (TPSA) is 223 Å². The van der Waals surface area contributed by atoms with Crippen LogP contribution in [0, 0.1) is 0 Å². The Bertz CT molecular complexity index is 504. The van der Waals surface area contributed by atoms with Crippen molar-refractivity contribution in [3.8, 4) is 0 Å². The van der Waals surface area contributed by atoms with Crippen LogP contribution >= 0.6 is 0 Å². The zero-order valence-electron chi connectivity index (χ0n) is 12.9. The van der Waals surface area contributed by atoms with Crippen LogP contribution < -0.4 is 27.8 Å². The van der Waals surface area contributed by atoms with Gasteiger partial charge < -0.3 is 38.0 Å². The molecule has 0 aliphatic heterocycles. The molecule has 136 valence electrons. The van der Waals surface area contributed by atoms with E-state index in [1.807, 2.05) is 0 Å². The molecule has 0 fully saturated rings. The van der Waals surface area contributed by atoms with Crippen molar-refractivity contribution in [1.29, 1.82) is 0 Å². The molecule has 0 rings (SSSR count). The van der Waals surface area contributed by atoms with Crippen molar-refractivity contribution in [1.82, 2.24) is 10.6 Å². The molecule has 0 aromatic rings. The number of rotatable bonds is 11. The molecular formula is C12H22N6O6. The molecule has 0 saturated heterocycles. The Balaban J connectivity index is 4.78. The van der Waals surface area contributed by atoms with E-state index in [1.54, 1.807) is 0 Å². The fourth-order valence-corrected chi connectivity index (χ4v) is 1.67. The fraction of sp³-hybridized carbons (Fsp3) is 0.583. The zero-order chi connectivity index (χ0) is 18.7. The van der Waals surface area contributed by atoms with Crippen molar-refractivity contribution in [2.45, 2.75) is 31.3 Å². The molecule has 12 nitrogen and oxygen atoms in total. The number of hydrogen-bond acceptors (Lipinski definition) is 6. The standard InChI is InChI=1S/C12H22N6O6/c13-5-8(19)17-7(4-9(20)21)10(22)18-6(11(23)24)2-1-3-16-12(14)15/h6-7H,1-5,13H2,(H,17,19)(H,18,22)(H,20,21)(H,23,24)(H4,14,15,16). The number of aliphatic carboxylic acids is 2. The van der Waals surface area contributed by atoms with Gasteiger partial charge in [0, 0.05) is 6.54 Å². The first kappa shape index (κ1) is 21.1. The highest BCUT2D eigenvalue weighted by Gasteiger charge is 2.27. The Kier molecular flexibility index (Phi) is 9.48. The van der Waals surface area contributed by atoms with Gasteiger partial charge in [-0.05, 0) is 12.8 Å². The van der Waals surface area contributed by atoms with Gasteiger partial charge in [-0.25, -0.2) is 4.79 Å². The molecule has 0 heterocycles. The minimum Gasteiger partial charge on any atom is -0.481 e. The number of aliphatic imine (C=N–C) groups is 1. The molecule has 0 aromatic carbocycles. The average Bonchev–Trinajstić information content (AvgIpc) is 2.48. The number of guanidine groups is 1. The Labute approximate surface area is 137 Å². The lowest BCUT2D eigenvalue weighted by atomic mass is 10.1. The number of nitrogens with zero attached hydrogens (tertiary/aromatic N) is 1. The van der Waals surface area contributed by atoms with E-state index in [1.165, 1.54) is 0 Å². The fourth-order valence-electron chi connectivity index (χ4n) is 1.67. The predicted molar refractivity (Wildman–Crippen MR) is 82.7 cm³/mol. The van der Waals surface area contributed by atoms with Gasteiger partial charge in [-0.3, -0.25) is 19.4 Å². The van der Waals surface area contributed by atoms with Gasteiger partial charge >= 0.3 is 11.9 Å². The molecule has 0 aromatic heterocycles. The number of carbonyl (C=O) groups is 4. The van der Waals surface area contributed by atoms with E-state index >= 15 is 0 Å². The summed E-state index contributed by atoms with van der Waals surface area (Å²) < 4.78 is 0. The van der Waals surface area contributed by atoms with E-state index in [0.717, 1.165) is 0 Å². The molecule has 2 amide bonds. The summed E-state index contributed by atoms with van der Waals surface area (Å²) in [6, 6.07) is -2.71. The van der Waals surface area contributed by atoms with Gasteiger partial charge in [-0.1, -0.05) is 0 Å². The zero-order valence-corrected chi connectivity index (χ0v) is 12.9. The van der Waals surface area contributed by atoms with Crippen LogP contribution in [0.3, 0.4) is 0 Å². The SMILES string of the molecule is NCC(=O)NC(CC(=O)O)C(=O)NC(CCCN=C(N)N)C(=O)O. The summed E-state index contributed by atoms with van der Waals surface area (Å²) in [6.07, 6.45) is -0.422. The second kappa shape index (κ2) is 10.8. The van der Waals surface area contributed by atoms with E-state index < -0.39 is 48.8 Å². The van der Waals surface area contributed by atoms with Gasteiger partial charge in [0.25, 0.3) is 0 Å². The van der Waals surface area contributed by atoms with Crippen molar-refractivity contribution in [3.05, 3.63) is 0 Å². The maximum absolute atomic E-state index is 12.0. The number of nitrogens with two attached hydrogens (primary N) is 3. The van der Waals surface area contributed by atoms with Crippen molar-refractivity contribution < 1.29 is 29.4 Å². The maximum atomic E-state index is 12.0. The Morgan fingerprint density at radius 3 is 2.12 bits per heavy atom. The summed E-state index contributed by atoms with van der Waals surface area (Å²) in [7, 11) is 0. The van der Waals surface area contributed by atoms with Crippen LogP contribution in [0.25, 0.3) is 0 Å². The van der Waals surface area contributed by atoms with Crippen LogP contribution in [0.2, 0.25) is 0 Å². The summed E-state index contributed by atoms with van der Waals surface area (Å²) in [5.74, 6) is -4.47. The lowest BCUT2D eigenvalue weighted by molar-refractivity contribution is -0.143. The summed E-state index contributed by atoms with van der Waals surface area (Å²) in [5.41, 5.74) is 15.4. The van der Waals surface area contributed by atoms with Crippen LogP contribution in [0.4, 0.5) is 0 Å². The average molecular weight is 346 g/mol. The third-order valence-corrected chi connectivity index (χ3v) is 2.78. The number of nitrogens with one attached hydrogen (secondary N) is 2. The van der Waals surface area contributed by atoms with Crippen LogP contribution in [0.1, 0.15) is 19.3 Å². The Morgan fingerprint density at radius 1 is 1.04 bits per heavy atom. The number of hydrogen-bond donors (Lipinski definition) is 7. The molecule has 10 N–H and O–H groups in total. The smallest absolute Gasteiger partial charge is 0.326 e. The summed E-state index contributed by atoms with van der Waals surface area (Å²) in [5, 5.41) is 22.2. The summed E-state index contributed by atoms with van der Waals surface area (Å²) in [6.45, 7) is -0.269. The molecule has 0 aliphatic carbocycles. The van der Waals surface area contributed by atoms with Crippen molar-refractivity contribution in [2.75, 3.05) is 13.1 Å².